The van der Waals surface area contributed by atoms with Gasteiger partial charge < -0.3 is 9.16 Å². The molecular formula is C36H66O2Si. The summed E-state index contributed by atoms with van der Waals surface area (Å²) in [7, 11) is 2.21. The molecule has 0 aliphatic carbocycles. The second-order valence-electron chi connectivity index (χ2n) is 11.8. The molecule has 2 nitrogen and oxygen atoms in total. The zero-order chi connectivity index (χ0) is 28.2. The van der Waals surface area contributed by atoms with Gasteiger partial charge in [0.2, 0.25) is 0 Å². The summed E-state index contributed by atoms with van der Waals surface area (Å²) >= 11 is 0. The van der Waals surface area contributed by atoms with Crippen molar-refractivity contribution in [2.24, 2.45) is 0 Å². The van der Waals surface area contributed by atoms with E-state index in [0.29, 0.717) is 23.0 Å². The highest BCUT2D eigenvalue weighted by Gasteiger charge is 2.15. The number of rotatable bonds is 29. The van der Waals surface area contributed by atoms with Gasteiger partial charge in [-0.1, -0.05) is 148 Å². The molecule has 0 amide bonds. The van der Waals surface area contributed by atoms with Crippen LogP contribution in [0, 0.1) is 0 Å². The van der Waals surface area contributed by atoms with Gasteiger partial charge in [-0.15, -0.1) is 0 Å². The van der Waals surface area contributed by atoms with E-state index in [9.17, 15) is 0 Å². The Kier molecular flexibility index (Phi) is 25.7. The van der Waals surface area contributed by atoms with Crippen LogP contribution in [0.4, 0.5) is 0 Å². The van der Waals surface area contributed by atoms with Gasteiger partial charge in [0, 0.05) is 7.11 Å². The summed E-state index contributed by atoms with van der Waals surface area (Å²) in [6, 6.07) is 4.90. The molecule has 0 aliphatic rings. The fraction of sp³-hybridized carbons (Fsp3) is 0.833. The molecular weight excluding hydrogens is 492 g/mol. The first-order valence-electron chi connectivity index (χ1n) is 17.3. The molecule has 0 atom stereocenters. The molecule has 0 aromatic heterocycles. The largest absolute Gasteiger partial charge is 0.409 e. The van der Waals surface area contributed by atoms with Gasteiger partial charge in [-0.2, -0.15) is 0 Å². The van der Waals surface area contributed by atoms with E-state index >= 15 is 0 Å². The van der Waals surface area contributed by atoms with Crippen molar-refractivity contribution in [2.45, 2.75) is 175 Å². The van der Waals surface area contributed by atoms with Crippen molar-refractivity contribution < 1.29 is 9.16 Å². The van der Waals surface area contributed by atoms with Crippen LogP contribution in [0.25, 0.3) is 0 Å². The fourth-order valence-corrected chi connectivity index (χ4v) is 6.60. The second kappa shape index (κ2) is 27.5. The molecule has 0 bridgehead atoms. The summed E-state index contributed by atoms with van der Waals surface area (Å²) in [4.78, 5) is 0. The first kappa shape index (κ1) is 36.4. The monoisotopic (exact) mass is 558 g/mol. The lowest BCUT2D eigenvalue weighted by Crippen LogP contribution is -2.26. The van der Waals surface area contributed by atoms with E-state index in [-0.39, 0.29) is 0 Å². The van der Waals surface area contributed by atoms with Crippen LogP contribution in [0.5, 0.6) is 0 Å². The third kappa shape index (κ3) is 19.2. The highest BCUT2D eigenvalue weighted by molar-refractivity contribution is 6.47. The van der Waals surface area contributed by atoms with Crippen molar-refractivity contribution in [1.82, 2.24) is 0 Å². The predicted octanol–water partition coefficient (Wildman–Crippen LogP) is 10.5. The second-order valence-corrected chi connectivity index (χ2v) is 12.8. The Labute approximate surface area is 247 Å². The summed E-state index contributed by atoms with van der Waals surface area (Å²) < 4.78 is 11.3. The van der Waals surface area contributed by atoms with E-state index in [1.807, 2.05) is 0 Å². The Bertz CT molecular complexity index is 660. The molecule has 39 heavy (non-hydrogen) atoms. The van der Waals surface area contributed by atoms with E-state index in [1.165, 1.54) is 159 Å². The van der Waals surface area contributed by atoms with Crippen molar-refractivity contribution in [3.05, 3.63) is 28.8 Å². The molecule has 1 aromatic rings. The first-order valence-corrected chi connectivity index (χ1v) is 18.2. The maximum atomic E-state index is 6.10. The van der Waals surface area contributed by atoms with E-state index in [2.05, 4.69) is 32.9 Å². The van der Waals surface area contributed by atoms with Crippen molar-refractivity contribution in [3.8, 4) is 0 Å². The summed E-state index contributed by atoms with van der Waals surface area (Å²) in [6.07, 6.45) is 32.8. The number of ether oxygens (including phenoxy) is 1. The maximum absolute atomic E-state index is 6.10. The lowest BCUT2D eigenvalue weighted by molar-refractivity contribution is 0.150. The van der Waals surface area contributed by atoms with Crippen LogP contribution in [0.3, 0.4) is 0 Å². The standard InChI is InChI=1S/C36H66O2Si/c1-5-8-11-14-17-20-23-26-33-29-30-36(39-38-32-31-37-4)35(28-25-22-19-16-13-10-7-3)34(33)27-24-21-18-15-12-9-6-2/h29-30H,5-28,31-32H2,1-4H3. The van der Waals surface area contributed by atoms with Crippen molar-refractivity contribution >= 4 is 14.9 Å². The number of unbranched alkanes of at least 4 members (excludes halogenated alkanes) is 18. The van der Waals surface area contributed by atoms with Crippen LogP contribution in [0.1, 0.15) is 172 Å². The molecule has 0 spiro atoms. The zero-order valence-corrected chi connectivity index (χ0v) is 27.9. The van der Waals surface area contributed by atoms with Crippen LogP contribution in [0.15, 0.2) is 12.1 Å². The molecule has 1 rings (SSSR count). The van der Waals surface area contributed by atoms with Crippen molar-refractivity contribution in [3.63, 3.8) is 0 Å². The number of benzene rings is 1. The molecule has 0 unspecified atom stereocenters. The third-order valence-corrected chi connectivity index (χ3v) is 9.25. The van der Waals surface area contributed by atoms with Crippen LogP contribution in [-0.2, 0) is 28.4 Å². The Hall–Kier alpha value is -0.643. The molecule has 0 heterocycles. The molecule has 0 aliphatic heterocycles. The predicted molar refractivity (Wildman–Crippen MR) is 175 cm³/mol. The average molecular weight is 559 g/mol. The topological polar surface area (TPSA) is 18.5 Å². The van der Waals surface area contributed by atoms with Gasteiger partial charge >= 0.3 is 0 Å². The van der Waals surface area contributed by atoms with Gasteiger partial charge in [0.25, 0.3) is 9.76 Å². The maximum Gasteiger partial charge on any atom is 0.269 e. The summed E-state index contributed by atoms with van der Waals surface area (Å²) in [5, 5.41) is 1.47. The molecule has 0 saturated carbocycles. The highest BCUT2D eigenvalue weighted by atomic mass is 28.2. The minimum absolute atomic E-state index is 0.445. The van der Waals surface area contributed by atoms with Crippen LogP contribution in [-0.4, -0.2) is 30.1 Å². The molecule has 226 valence electrons. The number of hydrogen-bond donors (Lipinski definition) is 0. The van der Waals surface area contributed by atoms with Gasteiger partial charge in [0.15, 0.2) is 0 Å². The number of aryl methyl sites for hydroxylation is 1. The van der Waals surface area contributed by atoms with Crippen LogP contribution < -0.4 is 5.19 Å². The Morgan fingerprint density at radius 1 is 0.487 bits per heavy atom. The van der Waals surface area contributed by atoms with E-state index in [1.54, 1.807) is 23.8 Å². The molecule has 0 fully saturated rings. The Balaban J connectivity index is 2.88. The molecule has 0 saturated heterocycles. The first-order chi connectivity index (χ1) is 19.3. The van der Waals surface area contributed by atoms with Gasteiger partial charge in [-0.05, 0) is 60.4 Å². The minimum atomic E-state index is 0.445. The molecule has 3 heteroatoms. The normalized spacial score (nSPS) is 11.5. The van der Waals surface area contributed by atoms with Crippen molar-refractivity contribution in [2.75, 3.05) is 20.3 Å². The fourth-order valence-electron chi connectivity index (χ4n) is 5.71. The smallest absolute Gasteiger partial charge is 0.269 e. The lowest BCUT2D eigenvalue weighted by atomic mass is 9.90. The highest BCUT2D eigenvalue weighted by Crippen LogP contribution is 2.23. The van der Waals surface area contributed by atoms with Gasteiger partial charge in [0.05, 0.1) is 13.2 Å². The summed E-state index contributed by atoms with van der Waals surface area (Å²) in [5.74, 6) is 0. The zero-order valence-electron chi connectivity index (χ0n) is 26.9. The Morgan fingerprint density at radius 2 is 0.923 bits per heavy atom. The van der Waals surface area contributed by atoms with Gasteiger partial charge in [0.1, 0.15) is 0 Å². The minimum Gasteiger partial charge on any atom is -0.409 e. The van der Waals surface area contributed by atoms with Gasteiger partial charge in [-0.25, -0.2) is 0 Å². The average Bonchev–Trinajstić information content (AvgIpc) is 2.95. The lowest BCUT2D eigenvalue weighted by Gasteiger charge is -2.19. The van der Waals surface area contributed by atoms with Crippen LogP contribution >= 0.6 is 0 Å². The SMILES string of the molecule is CCCCCCCCCc1ccc([Si]OCCOC)c(CCCCCCCCC)c1CCCCCCCCC. The van der Waals surface area contributed by atoms with Crippen molar-refractivity contribution in [1.29, 1.82) is 0 Å². The summed E-state index contributed by atoms with van der Waals surface area (Å²) in [5.41, 5.74) is 5.02. The molecule has 0 N–H and O–H groups in total. The summed E-state index contributed by atoms with van der Waals surface area (Å²) in [6.45, 7) is 8.30. The number of methoxy groups -OCH3 is 1. The van der Waals surface area contributed by atoms with E-state index in [0.717, 1.165) is 0 Å². The number of hydrogen-bond acceptors (Lipinski definition) is 2. The van der Waals surface area contributed by atoms with E-state index in [4.69, 9.17) is 9.16 Å². The van der Waals surface area contributed by atoms with Crippen LogP contribution in [0.2, 0.25) is 0 Å². The quantitative estimate of drug-likeness (QED) is 0.0719. The van der Waals surface area contributed by atoms with Gasteiger partial charge in [-0.3, -0.25) is 0 Å². The Morgan fingerprint density at radius 3 is 1.41 bits per heavy atom. The van der Waals surface area contributed by atoms with E-state index < -0.39 is 0 Å². The third-order valence-electron chi connectivity index (χ3n) is 8.21. The molecule has 1 aromatic carbocycles. The molecule has 2 radical (unpaired) electrons.